The Labute approximate surface area is 57.3 Å². The Balaban J connectivity index is 2.74. The molecular weight excluding hydrogens is 134 g/mol. The molecule has 0 saturated heterocycles. The van der Waals surface area contributed by atoms with Gasteiger partial charge in [0.2, 0.25) is 11.8 Å². The van der Waals surface area contributed by atoms with Crippen molar-refractivity contribution in [2.75, 3.05) is 5.43 Å². The summed E-state index contributed by atoms with van der Waals surface area (Å²) in [4.78, 5) is 14.0. The largest absolute Gasteiger partial charge is 0.492 e. The van der Waals surface area contributed by atoms with Crippen molar-refractivity contribution >= 4 is 5.91 Å². The zero-order chi connectivity index (χ0) is 7.56. The average Bonchev–Trinajstić information content (AvgIpc) is 2.15. The number of carbonyl (C=O) groups excluding carboxylic acids is 1. The highest BCUT2D eigenvalue weighted by Gasteiger charge is 1.97. The van der Waals surface area contributed by atoms with Crippen LogP contribution in [0.5, 0.6) is 5.88 Å². The number of nitrogens with one attached hydrogen (secondary N) is 1. The summed E-state index contributed by atoms with van der Waals surface area (Å²) in [6, 6.07) is 0. The first-order chi connectivity index (χ1) is 4.70. The number of imidazole rings is 1. The van der Waals surface area contributed by atoms with Gasteiger partial charge in [0.15, 0.2) is 0 Å². The highest BCUT2D eigenvalue weighted by molar-refractivity contribution is 5.81. The number of aromatic hydroxyl groups is 1. The molecule has 1 aromatic heterocycles. The van der Waals surface area contributed by atoms with Crippen molar-refractivity contribution in [1.82, 2.24) is 9.66 Å². The van der Waals surface area contributed by atoms with Gasteiger partial charge in [0.05, 0.1) is 6.20 Å². The number of nitrogens with zero attached hydrogens (tertiary/aromatic N) is 2. The SMILES string of the molecule is CC(=O)Nn1cncc1O. The quantitative estimate of drug-likeness (QED) is 0.563. The molecule has 0 radical (unpaired) electrons. The molecule has 5 heteroatoms. The van der Waals surface area contributed by atoms with Gasteiger partial charge in [0.25, 0.3) is 0 Å². The molecule has 0 unspecified atom stereocenters. The molecule has 1 rings (SSSR count). The van der Waals surface area contributed by atoms with Gasteiger partial charge in [-0.3, -0.25) is 10.2 Å². The van der Waals surface area contributed by atoms with Gasteiger partial charge in [-0.25, -0.2) is 9.66 Å². The maximum Gasteiger partial charge on any atom is 0.235 e. The van der Waals surface area contributed by atoms with Gasteiger partial charge in [-0.2, -0.15) is 0 Å². The topological polar surface area (TPSA) is 67.2 Å². The van der Waals surface area contributed by atoms with E-state index in [1.54, 1.807) is 0 Å². The van der Waals surface area contributed by atoms with Crippen LogP contribution in [0.4, 0.5) is 0 Å². The summed E-state index contributed by atoms with van der Waals surface area (Å²) in [5.41, 5.74) is 2.32. The van der Waals surface area contributed by atoms with Crippen LogP contribution in [0.2, 0.25) is 0 Å². The third-order valence-corrected chi connectivity index (χ3v) is 0.897. The minimum absolute atomic E-state index is 0.0878. The van der Waals surface area contributed by atoms with Crippen LogP contribution in [-0.4, -0.2) is 20.7 Å². The molecule has 0 bridgehead atoms. The Morgan fingerprint density at radius 1 is 1.90 bits per heavy atom. The standard InChI is InChI=1S/C5H7N3O2/c1-4(9)7-8-3-6-2-5(8)10/h2-3,10H,1H3,(H,7,9). The van der Waals surface area contributed by atoms with Crippen LogP contribution < -0.4 is 5.43 Å². The van der Waals surface area contributed by atoms with Crippen molar-refractivity contribution in [2.24, 2.45) is 0 Å². The molecule has 54 valence electrons. The van der Waals surface area contributed by atoms with Crippen LogP contribution in [0.3, 0.4) is 0 Å². The lowest BCUT2D eigenvalue weighted by Crippen LogP contribution is -2.17. The molecule has 0 fully saturated rings. The van der Waals surface area contributed by atoms with E-state index in [0.717, 1.165) is 4.68 Å². The lowest BCUT2D eigenvalue weighted by Gasteiger charge is -2.01. The van der Waals surface area contributed by atoms with Crippen LogP contribution in [-0.2, 0) is 4.79 Å². The van der Waals surface area contributed by atoms with Crippen LogP contribution >= 0.6 is 0 Å². The van der Waals surface area contributed by atoms with Crippen molar-refractivity contribution in [3.63, 3.8) is 0 Å². The maximum atomic E-state index is 10.4. The second-order valence-corrected chi connectivity index (χ2v) is 1.79. The van der Waals surface area contributed by atoms with E-state index in [-0.39, 0.29) is 11.8 Å². The van der Waals surface area contributed by atoms with Gasteiger partial charge >= 0.3 is 0 Å². The van der Waals surface area contributed by atoms with Gasteiger partial charge in [0, 0.05) is 6.92 Å². The summed E-state index contributed by atoms with van der Waals surface area (Å²) >= 11 is 0. The zero-order valence-electron chi connectivity index (χ0n) is 5.40. The van der Waals surface area contributed by atoms with Crippen molar-refractivity contribution in [3.05, 3.63) is 12.5 Å². The van der Waals surface area contributed by atoms with Crippen molar-refractivity contribution in [3.8, 4) is 5.88 Å². The van der Waals surface area contributed by atoms with E-state index in [1.807, 2.05) is 0 Å². The number of aromatic nitrogens is 2. The fourth-order valence-corrected chi connectivity index (χ4v) is 0.544. The molecule has 0 spiro atoms. The summed E-state index contributed by atoms with van der Waals surface area (Å²) in [7, 11) is 0. The van der Waals surface area contributed by atoms with E-state index in [9.17, 15) is 4.79 Å². The first kappa shape index (κ1) is 6.60. The molecular formula is C5H7N3O2. The summed E-state index contributed by atoms with van der Waals surface area (Å²) in [6.07, 6.45) is 2.53. The molecule has 1 amide bonds. The van der Waals surface area contributed by atoms with Crippen LogP contribution in [0.15, 0.2) is 12.5 Å². The van der Waals surface area contributed by atoms with Crippen molar-refractivity contribution in [1.29, 1.82) is 0 Å². The predicted molar refractivity (Wildman–Crippen MR) is 33.9 cm³/mol. The first-order valence-corrected chi connectivity index (χ1v) is 2.69. The Kier molecular flexibility index (Phi) is 1.57. The summed E-state index contributed by atoms with van der Waals surface area (Å²) in [5, 5.41) is 8.89. The average molecular weight is 141 g/mol. The summed E-state index contributed by atoms with van der Waals surface area (Å²) in [6.45, 7) is 1.35. The van der Waals surface area contributed by atoms with Crippen molar-refractivity contribution < 1.29 is 9.90 Å². The Morgan fingerprint density at radius 2 is 2.60 bits per heavy atom. The number of amides is 1. The van der Waals surface area contributed by atoms with E-state index in [2.05, 4.69) is 10.4 Å². The number of hydrogen-bond donors (Lipinski definition) is 2. The fourth-order valence-electron chi connectivity index (χ4n) is 0.544. The highest BCUT2D eigenvalue weighted by Crippen LogP contribution is 2.01. The van der Waals surface area contributed by atoms with E-state index in [1.165, 1.54) is 19.4 Å². The molecule has 1 aromatic rings. The minimum atomic E-state index is -0.256. The normalized spacial score (nSPS) is 9.30. The molecule has 10 heavy (non-hydrogen) atoms. The predicted octanol–water partition coefficient (Wildman–Crippen LogP) is -0.321. The maximum absolute atomic E-state index is 10.4. The smallest absolute Gasteiger partial charge is 0.235 e. The molecule has 0 aliphatic heterocycles. The summed E-state index contributed by atoms with van der Waals surface area (Å²) < 4.78 is 1.13. The second kappa shape index (κ2) is 2.38. The molecule has 1 heterocycles. The van der Waals surface area contributed by atoms with Gasteiger partial charge in [0.1, 0.15) is 6.33 Å². The van der Waals surface area contributed by atoms with E-state index in [4.69, 9.17) is 5.11 Å². The van der Waals surface area contributed by atoms with Crippen LogP contribution in [0.25, 0.3) is 0 Å². The van der Waals surface area contributed by atoms with Gasteiger partial charge in [-0.15, -0.1) is 0 Å². The number of carbonyl (C=O) groups is 1. The first-order valence-electron chi connectivity index (χ1n) is 2.69. The van der Waals surface area contributed by atoms with Gasteiger partial charge in [-0.1, -0.05) is 0 Å². The van der Waals surface area contributed by atoms with Crippen LogP contribution in [0, 0.1) is 0 Å². The van der Waals surface area contributed by atoms with E-state index in [0.29, 0.717) is 0 Å². The lowest BCUT2D eigenvalue weighted by atomic mass is 10.7. The Hall–Kier alpha value is -1.52. The fraction of sp³-hybridized carbons (Fsp3) is 0.200. The number of hydrogen-bond acceptors (Lipinski definition) is 3. The zero-order valence-corrected chi connectivity index (χ0v) is 5.40. The van der Waals surface area contributed by atoms with E-state index >= 15 is 0 Å². The second-order valence-electron chi connectivity index (χ2n) is 1.79. The lowest BCUT2D eigenvalue weighted by molar-refractivity contribution is -0.115. The van der Waals surface area contributed by atoms with Crippen LogP contribution in [0.1, 0.15) is 6.92 Å². The molecule has 2 N–H and O–H groups in total. The molecule has 0 aliphatic carbocycles. The van der Waals surface area contributed by atoms with E-state index < -0.39 is 0 Å². The Morgan fingerprint density at radius 3 is 3.00 bits per heavy atom. The monoisotopic (exact) mass is 141 g/mol. The van der Waals surface area contributed by atoms with Gasteiger partial charge in [-0.05, 0) is 0 Å². The minimum Gasteiger partial charge on any atom is -0.492 e. The number of rotatable bonds is 1. The highest BCUT2D eigenvalue weighted by atomic mass is 16.3. The summed E-state index contributed by atoms with van der Waals surface area (Å²) in [5.74, 6) is -0.344. The third kappa shape index (κ3) is 1.25. The molecule has 0 atom stereocenters. The molecule has 5 nitrogen and oxygen atoms in total. The van der Waals surface area contributed by atoms with Crippen molar-refractivity contribution in [2.45, 2.75) is 6.92 Å². The molecule has 0 aromatic carbocycles. The third-order valence-electron chi connectivity index (χ3n) is 0.897. The molecule has 0 aliphatic rings. The van der Waals surface area contributed by atoms with Gasteiger partial charge < -0.3 is 5.11 Å². The Bertz CT molecular complexity index is 243. The molecule has 0 saturated carbocycles.